The van der Waals surface area contributed by atoms with Gasteiger partial charge in [-0.15, -0.1) is 11.3 Å². The topological polar surface area (TPSA) is 127 Å². The van der Waals surface area contributed by atoms with E-state index >= 15 is 0 Å². The molecule has 2 fully saturated rings. The van der Waals surface area contributed by atoms with Crippen LogP contribution in [-0.2, 0) is 29.1 Å². The first-order valence-corrected chi connectivity index (χ1v) is 17.2. The highest BCUT2D eigenvalue weighted by molar-refractivity contribution is 9.10. The van der Waals surface area contributed by atoms with E-state index in [9.17, 15) is 22.4 Å². The summed E-state index contributed by atoms with van der Waals surface area (Å²) in [7, 11) is -2.32. The smallest absolute Gasteiger partial charge is 0.338 e. The molecule has 0 bridgehead atoms. The van der Waals surface area contributed by atoms with Crippen LogP contribution >= 0.6 is 27.3 Å². The number of hydrogen-bond donors (Lipinski definition) is 1. The predicted molar refractivity (Wildman–Crippen MR) is 163 cm³/mol. The van der Waals surface area contributed by atoms with Crippen LogP contribution in [-0.4, -0.2) is 66.5 Å². The monoisotopic (exact) mass is 696 g/mol. The number of esters is 2. The Morgan fingerprint density at radius 1 is 1.19 bits per heavy atom. The largest absolute Gasteiger partial charge is 0.466 e. The summed E-state index contributed by atoms with van der Waals surface area (Å²) >= 11 is 4.81. The van der Waals surface area contributed by atoms with Crippen LogP contribution in [0.4, 0.5) is 4.39 Å². The summed E-state index contributed by atoms with van der Waals surface area (Å²) in [5.41, 5.74) is 0.845. The van der Waals surface area contributed by atoms with Crippen molar-refractivity contribution in [3.05, 3.63) is 61.9 Å². The number of thiazole rings is 1. The van der Waals surface area contributed by atoms with E-state index in [2.05, 4.69) is 26.2 Å². The number of sulfonamides is 1. The zero-order valence-corrected chi connectivity index (χ0v) is 27.5. The molecule has 3 aliphatic rings. The van der Waals surface area contributed by atoms with E-state index in [1.165, 1.54) is 34.9 Å². The number of piperidine rings is 1. The van der Waals surface area contributed by atoms with Crippen molar-refractivity contribution in [2.75, 3.05) is 20.2 Å². The lowest BCUT2D eigenvalue weighted by atomic mass is 9.85. The van der Waals surface area contributed by atoms with Gasteiger partial charge in [0.1, 0.15) is 17.5 Å². The van der Waals surface area contributed by atoms with Crippen molar-refractivity contribution in [2.24, 2.45) is 16.8 Å². The average molecular weight is 698 g/mol. The Morgan fingerprint density at radius 2 is 1.88 bits per heavy atom. The molecular formula is C29H34BrFN4O6S2. The SMILES string of the molecule is COC(=O)C1=C(C2CCN(S(=O)(=O)[C@H]3C[C@H](C(=O)OC(C)(C)C)C3)CC2)NC(c2nccs2)=NC1c1ccc(F)cc1Br. The summed E-state index contributed by atoms with van der Waals surface area (Å²) in [6.45, 7) is 5.88. The lowest BCUT2D eigenvalue weighted by Crippen LogP contribution is -2.50. The Balaban J connectivity index is 1.38. The Hall–Kier alpha value is -2.68. The summed E-state index contributed by atoms with van der Waals surface area (Å²) in [5, 5.41) is 5.14. The Kier molecular flexibility index (Phi) is 9.13. The maximum atomic E-state index is 14.0. The van der Waals surface area contributed by atoms with E-state index < -0.39 is 44.6 Å². The Morgan fingerprint density at radius 3 is 2.47 bits per heavy atom. The second kappa shape index (κ2) is 12.4. The van der Waals surface area contributed by atoms with Crippen LogP contribution < -0.4 is 5.32 Å². The molecule has 14 heteroatoms. The fourth-order valence-corrected chi connectivity index (χ4v) is 8.86. The van der Waals surface area contributed by atoms with Crippen LogP contribution in [0.5, 0.6) is 0 Å². The first-order valence-electron chi connectivity index (χ1n) is 14.0. The quantitative estimate of drug-likeness (QED) is 0.412. The number of rotatable bonds is 7. The van der Waals surface area contributed by atoms with Gasteiger partial charge < -0.3 is 14.8 Å². The molecule has 1 unspecified atom stereocenters. The number of methoxy groups -OCH3 is 1. The number of ether oxygens (including phenoxy) is 2. The molecule has 1 aromatic carbocycles. The fraction of sp³-hybridized carbons (Fsp3) is 0.517. The number of halogens is 2. The van der Waals surface area contributed by atoms with Gasteiger partial charge in [-0.2, -0.15) is 0 Å². The molecule has 1 N–H and O–H groups in total. The molecule has 10 nitrogen and oxygen atoms in total. The van der Waals surface area contributed by atoms with Crippen molar-refractivity contribution in [2.45, 2.75) is 63.3 Å². The first kappa shape index (κ1) is 31.7. The molecule has 0 spiro atoms. The highest BCUT2D eigenvalue weighted by Gasteiger charge is 2.47. The van der Waals surface area contributed by atoms with Gasteiger partial charge in [0, 0.05) is 40.8 Å². The van der Waals surface area contributed by atoms with E-state index in [4.69, 9.17) is 14.5 Å². The molecule has 43 heavy (non-hydrogen) atoms. The van der Waals surface area contributed by atoms with Crippen LogP contribution in [0.1, 0.15) is 63.1 Å². The predicted octanol–water partition coefficient (Wildman–Crippen LogP) is 4.73. The summed E-state index contributed by atoms with van der Waals surface area (Å²) in [5.74, 6) is -1.52. The minimum atomic E-state index is -3.61. The maximum absolute atomic E-state index is 14.0. The number of aromatic nitrogens is 1. The maximum Gasteiger partial charge on any atom is 0.338 e. The van der Waals surface area contributed by atoms with Crippen molar-refractivity contribution in [3.8, 4) is 0 Å². The van der Waals surface area contributed by atoms with Crippen LogP contribution in [0.25, 0.3) is 0 Å². The highest BCUT2D eigenvalue weighted by Crippen LogP contribution is 2.42. The van der Waals surface area contributed by atoms with E-state index in [0.717, 1.165) is 0 Å². The summed E-state index contributed by atoms with van der Waals surface area (Å²) < 4.78 is 53.4. The number of allylic oxidation sites excluding steroid dienone is 1. The van der Waals surface area contributed by atoms with Gasteiger partial charge in [0.05, 0.1) is 23.9 Å². The van der Waals surface area contributed by atoms with E-state index in [1.807, 2.05) is 5.38 Å². The lowest BCUT2D eigenvalue weighted by Gasteiger charge is -2.40. The summed E-state index contributed by atoms with van der Waals surface area (Å²) in [6.07, 6.45) is 3.05. The third-order valence-electron chi connectivity index (χ3n) is 7.85. The number of nitrogens with zero attached hydrogens (tertiary/aromatic N) is 3. The van der Waals surface area contributed by atoms with Crippen molar-refractivity contribution >= 4 is 55.1 Å². The lowest BCUT2D eigenvalue weighted by molar-refractivity contribution is -0.162. The van der Waals surface area contributed by atoms with Crippen LogP contribution in [0.3, 0.4) is 0 Å². The molecule has 0 radical (unpaired) electrons. The molecule has 1 saturated heterocycles. The van der Waals surface area contributed by atoms with Gasteiger partial charge in [-0.05, 0) is 64.2 Å². The van der Waals surface area contributed by atoms with Gasteiger partial charge in [0.15, 0.2) is 10.8 Å². The second-order valence-corrected chi connectivity index (χ2v) is 15.8. The number of nitrogens with one attached hydrogen (secondary N) is 1. The van der Waals surface area contributed by atoms with E-state index in [1.54, 1.807) is 33.0 Å². The number of hydrogen-bond acceptors (Lipinski definition) is 10. The van der Waals surface area contributed by atoms with E-state index in [-0.39, 0.29) is 43.4 Å². The van der Waals surface area contributed by atoms with Gasteiger partial charge >= 0.3 is 11.9 Å². The number of aliphatic imine (C=N–C) groups is 1. The average Bonchev–Trinajstić information content (AvgIpc) is 3.45. The molecular weight excluding hydrogens is 663 g/mol. The molecule has 1 aliphatic carbocycles. The normalized spacial score (nSPS) is 23.7. The van der Waals surface area contributed by atoms with Gasteiger partial charge in [-0.3, -0.25) is 9.79 Å². The van der Waals surface area contributed by atoms with Gasteiger partial charge in [0.2, 0.25) is 10.0 Å². The minimum Gasteiger partial charge on any atom is -0.466 e. The van der Waals surface area contributed by atoms with Gasteiger partial charge in [0.25, 0.3) is 0 Å². The molecule has 2 aromatic rings. The van der Waals surface area contributed by atoms with Crippen molar-refractivity contribution in [1.82, 2.24) is 14.6 Å². The number of benzene rings is 1. The molecule has 1 atom stereocenters. The Bertz CT molecular complexity index is 1560. The summed E-state index contributed by atoms with van der Waals surface area (Å²) in [6, 6.07) is 3.41. The highest BCUT2D eigenvalue weighted by atomic mass is 79.9. The standard InChI is InChI=1S/C29H34BrFN4O6S2/c1-29(2,3)41-27(36)17-13-19(14-17)43(38,39)35-10-7-16(8-11-35)23-22(28(37)40-4)24(20-6-5-18(31)15-21(20)30)34-25(33-23)26-32-9-12-42-26/h5-6,9,12,15-17,19,24H,7-8,10-11,13-14H2,1-4H3,(H,33,34)/t17-,19-,24?. The molecule has 1 saturated carbocycles. The van der Waals surface area contributed by atoms with Crippen molar-refractivity contribution in [3.63, 3.8) is 0 Å². The zero-order chi connectivity index (χ0) is 31.1. The Labute approximate surface area is 262 Å². The number of carbonyl (C=O) groups excluding carboxylic acids is 2. The molecule has 1 aromatic heterocycles. The first-order chi connectivity index (χ1) is 20.3. The van der Waals surface area contributed by atoms with Crippen LogP contribution in [0.15, 0.2) is 50.5 Å². The van der Waals surface area contributed by atoms with Crippen molar-refractivity contribution < 1.29 is 31.9 Å². The van der Waals surface area contributed by atoms with Gasteiger partial charge in [-0.1, -0.05) is 22.0 Å². The molecule has 3 heterocycles. The minimum absolute atomic E-state index is 0.205. The molecule has 232 valence electrons. The van der Waals surface area contributed by atoms with Crippen LogP contribution in [0.2, 0.25) is 0 Å². The second-order valence-electron chi connectivity index (χ2n) is 11.9. The summed E-state index contributed by atoms with van der Waals surface area (Å²) in [4.78, 5) is 34.9. The third kappa shape index (κ3) is 6.71. The van der Waals surface area contributed by atoms with Crippen LogP contribution in [0, 0.1) is 17.7 Å². The molecule has 2 aliphatic heterocycles. The van der Waals surface area contributed by atoms with Crippen molar-refractivity contribution in [1.29, 1.82) is 0 Å². The molecule has 0 amide bonds. The number of carbonyl (C=O) groups is 2. The fourth-order valence-electron chi connectivity index (χ4n) is 5.62. The zero-order valence-electron chi connectivity index (χ0n) is 24.3. The van der Waals surface area contributed by atoms with Gasteiger partial charge in [-0.25, -0.2) is 26.9 Å². The number of amidine groups is 1. The van der Waals surface area contributed by atoms with E-state index in [0.29, 0.717) is 39.4 Å². The third-order valence-corrected chi connectivity index (χ3v) is 11.6. The molecule has 5 rings (SSSR count).